The van der Waals surface area contributed by atoms with Crippen LogP contribution in [0.15, 0.2) is 22.7 Å². The number of anilines is 1. The van der Waals surface area contributed by atoms with Gasteiger partial charge >= 0.3 is 0 Å². The van der Waals surface area contributed by atoms with Crippen LogP contribution in [0.2, 0.25) is 0 Å². The van der Waals surface area contributed by atoms with Gasteiger partial charge in [0.25, 0.3) is 0 Å². The minimum Gasteiger partial charge on any atom is -0.398 e. The maximum Gasteiger partial charge on any atom is 0.0744 e. The second-order valence-electron chi connectivity index (χ2n) is 4.25. The number of halogens is 1. The monoisotopic (exact) mass is 271 g/mol. The number of hydrogen-bond acceptors (Lipinski definition) is 2. The van der Waals surface area contributed by atoms with E-state index in [4.69, 9.17) is 10.5 Å². The van der Waals surface area contributed by atoms with Crippen LogP contribution in [0.4, 0.5) is 5.69 Å². The van der Waals surface area contributed by atoms with Crippen LogP contribution in [0.1, 0.15) is 32.8 Å². The average molecular weight is 272 g/mol. The van der Waals surface area contributed by atoms with Crippen LogP contribution < -0.4 is 5.73 Å². The Morgan fingerprint density at radius 1 is 1.40 bits per heavy atom. The molecule has 1 rings (SSSR count). The maximum absolute atomic E-state index is 5.88. The Bertz CT molecular complexity index is 336. The Kier molecular flexibility index (Phi) is 4.17. The zero-order valence-electron chi connectivity index (χ0n) is 9.51. The van der Waals surface area contributed by atoms with Gasteiger partial charge in [0, 0.05) is 15.7 Å². The normalized spacial score (nSPS) is 11.7. The van der Waals surface area contributed by atoms with E-state index in [0.717, 1.165) is 22.1 Å². The van der Waals surface area contributed by atoms with Crippen LogP contribution in [0.25, 0.3) is 0 Å². The second kappa shape index (κ2) is 4.99. The molecule has 0 aliphatic carbocycles. The fourth-order valence-corrected chi connectivity index (χ4v) is 1.45. The van der Waals surface area contributed by atoms with Crippen LogP contribution in [0.3, 0.4) is 0 Å². The van der Waals surface area contributed by atoms with Crippen molar-refractivity contribution in [3.63, 3.8) is 0 Å². The molecule has 1 aromatic carbocycles. The highest BCUT2D eigenvalue weighted by molar-refractivity contribution is 9.10. The fourth-order valence-electron chi connectivity index (χ4n) is 1.07. The molecule has 3 heteroatoms. The van der Waals surface area contributed by atoms with E-state index in [-0.39, 0.29) is 5.60 Å². The maximum atomic E-state index is 5.88. The molecule has 0 atom stereocenters. The summed E-state index contributed by atoms with van der Waals surface area (Å²) in [6.45, 7) is 6.86. The summed E-state index contributed by atoms with van der Waals surface area (Å²) in [5.41, 5.74) is 7.61. The molecule has 0 radical (unpaired) electrons. The van der Waals surface area contributed by atoms with Gasteiger partial charge in [0.15, 0.2) is 0 Å². The Morgan fingerprint density at radius 3 is 2.60 bits per heavy atom. The third kappa shape index (κ3) is 3.84. The van der Waals surface area contributed by atoms with E-state index in [1.807, 2.05) is 18.2 Å². The van der Waals surface area contributed by atoms with Gasteiger partial charge in [-0.1, -0.05) is 28.9 Å². The van der Waals surface area contributed by atoms with Crippen molar-refractivity contribution in [2.45, 2.75) is 39.4 Å². The third-order valence-electron chi connectivity index (χ3n) is 2.58. The van der Waals surface area contributed by atoms with Crippen LogP contribution in [0.5, 0.6) is 0 Å². The molecule has 0 bridgehead atoms. The predicted octanol–water partition coefficient (Wildman–Crippen LogP) is 3.74. The van der Waals surface area contributed by atoms with Crippen LogP contribution in [-0.4, -0.2) is 5.60 Å². The molecule has 0 spiro atoms. The van der Waals surface area contributed by atoms with E-state index in [1.54, 1.807) is 0 Å². The van der Waals surface area contributed by atoms with Gasteiger partial charge in [0.05, 0.1) is 12.2 Å². The lowest BCUT2D eigenvalue weighted by Gasteiger charge is -2.23. The topological polar surface area (TPSA) is 35.2 Å². The van der Waals surface area contributed by atoms with Gasteiger partial charge < -0.3 is 10.5 Å². The first-order valence-electron chi connectivity index (χ1n) is 5.12. The summed E-state index contributed by atoms with van der Waals surface area (Å²) in [6.07, 6.45) is 0.990. The van der Waals surface area contributed by atoms with Gasteiger partial charge in [-0.15, -0.1) is 0 Å². The lowest BCUT2D eigenvalue weighted by atomic mass is 10.1. The lowest BCUT2D eigenvalue weighted by molar-refractivity contribution is -0.0313. The van der Waals surface area contributed by atoms with Gasteiger partial charge in [-0.25, -0.2) is 0 Å². The second-order valence-corrected chi connectivity index (χ2v) is 5.16. The highest BCUT2D eigenvalue weighted by Gasteiger charge is 2.15. The molecule has 84 valence electrons. The van der Waals surface area contributed by atoms with E-state index in [9.17, 15) is 0 Å². The number of hydrogen-bond donors (Lipinski definition) is 1. The van der Waals surface area contributed by atoms with Crippen molar-refractivity contribution in [1.82, 2.24) is 0 Å². The van der Waals surface area contributed by atoms with Gasteiger partial charge in [0.1, 0.15) is 0 Å². The van der Waals surface area contributed by atoms with Crippen molar-refractivity contribution in [3.05, 3.63) is 28.2 Å². The first-order valence-corrected chi connectivity index (χ1v) is 5.92. The summed E-state index contributed by atoms with van der Waals surface area (Å²) >= 11 is 3.38. The van der Waals surface area contributed by atoms with Crippen molar-refractivity contribution in [1.29, 1.82) is 0 Å². The van der Waals surface area contributed by atoms with Crippen molar-refractivity contribution in [2.24, 2.45) is 0 Å². The zero-order chi connectivity index (χ0) is 11.5. The molecule has 0 saturated heterocycles. The van der Waals surface area contributed by atoms with Gasteiger partial charge in [0.2, 0.25) is 0 Å². The molecule has 0 aromatic heterocycles. The van der Waals surface area contributed by atoms with E-state index < -0.39 is 0 Å². The number of benzene rings is 1. The quantitative estimate of drug-likeness (QED) is 0.847. The molecule has 0 heterocycles. The standard InChI is InChI=1S/C12H18BrNO/c1-4-12(2,3)15-8-9-5-6-10(13)7-11(9)14/h5-7H,4,8,14H2,1-3H3. The van der Waals surface area contributed by atoms with Gasteiger partial charge in [-0.05, 0) is 32.4 Å². The summed E-state index contributed by atoms with van der Waals surface area (Å²) in [5, 5.41) is 0. The third-order valence-corrected chi connectivity index (χ3v) is 3.07. The minimum absolute atomic E-state index is 0.0838. The molecule has 0 unspecified atom stereocenters. The summed E-state index contributed by atoms with van der Waals surface area (Å²) in [4.78, 5) is 0. The van der Waals surface area contributed by atoms with E-state index in [1.165, 1.54) is 0 Å². The molecule has 2 N–H and O–H groups in total. The van der Waals surface area contributed by atoms with Crippen molar-refractivity contribution >= 4 is 21.6 Å². The fraction of sp³-hybridized carbons (Fsp3) is 0.500. The smallest absolute Gasteiger partial charge is 0.0744 e. The van der Waals surface area contributed by atoms with Crippen LogP contribution in [0, 0.1) is 0 Å². The van der Waals surface area contributed by atoms with E-state index in [2.05, 4.69) is 36.7 Å². The Morgan fingerprint density at radius 2 is 2.07 bits per heavy atom. The van der Waals surface area contributed by atoms with Gasteiger partial charge in [-0.2, -0.15) is 0 Å². The molecule has 0 aliphatic rings. The summed E-state index contributed by atoms with van der Waals surface area (Å²) in [6, 6.07) is 5.87. The predicted molar refractivity (Wildman–Crippen MR) is 67.7 cm³/mol. The molecule has 1 aromatic rings. The minimum atomic E-state index is -0.0838. The van der Waals surface area contributed by atoms with Gasteiger partial charge in [-0.3, -0.25) is 0 Å². The van der Waals surface area contributed by atoms with Crippen LogP contribution >= 0.6 is 15.9 Å². The Labute approximate surface area is 99.9 Å². The Balaban J connectivity index is 2.66. The molecule has 15 heavy (non-hydrogen) atoms. The molecular weight excluding hydrogens is 254 g/mol. The molecule has 0 amide bonds. The number of rotatable bonds is 4. The van der Waals surface area contributed by atoms with Crippen molar-refractivity contribution < 1.29 is 4.74 Å². The first kappa shape index (κ1) is 12.5. The van der Waals surface area contributed by atoms with E-state index >= 15 is 0 Å². The average Bonchev–Trinajstić information content (AvgIpc) is 2.16. The SMILES string of the molecule is CCC(C)(C)OCc1ccc(Br)cc1N. The molecule has 0 aliphatic heterocycles. The van der Waals surface area contributed by atoms with E-state index in [0.29, 0.717) is 6.61 Å². The molecule has 0 saturated carbocycles. The van der Waals surface area contributed by atoms with Crippen molar-refractivity contribution in [3.8, 4) is 0 Å². The highest BCUT2D eigenvalue weighted by atomic mass is 79.9. The molecular formula is C12H18BrNO. The number of nitrogens with two attached hydrogens (primary N) is 1. The summed E-state index contributed by atoms with van der Waals surface area (Å²) in [7, 11) is 0. The number of ether oxygens (including phenoxy) is 1. The lowest BCUT2D eigenvalue weighted by Crippen LogP contribution is -2.22. The summed E-state index contributed by atoms with van der Waals surface area (Å²) in [5.74, 6) is 0. The molecule has 0 fully saturated rings. The van der Waals surface area contributed by atoms with Crippen LogP contribution in [-0.2, 0) is 11.3 Å². The number of nitrogen functional groups attached to an aromatic ring is 1. The zero-order valence-corrected chi connectivity index (χ0v) is 11.1. The molecule has 2 nitrogen and oxygen atoms in total. The largest absolute Gasteiger partial charge is 0.398 e. The first-order chi connectivity index (χ1) is 6.94. The highest BCUT2D eigenvalue weighted by Crippen LogP contribution is 2.22. The van der Waals surface area contributed by atoms with Crippen molar-refractivity contribution in [2.75, 3.05) is 5.73 Å². The Hall–Kier alpha value is -0.540. The summed E-state index contributed by atoms with van der Waals surface area (Å²) < 4.78 is 6.79.